The van der Waals surface area contributed by atoms with Gasteiger partial charge in [-0.15, -0.1) is 11.6 Å². The highest BCUT2D eigenvalue weighted by atomic mass is 35.5. The molecule has 9 nitrogen and oxygen atoms in total. The van der Waals surface area contributed by atoms with Crippen molar-refractivity contribution < 1.29 is 4.79 Å². The normalized spacial score (nSPS) is 19.6. The summed E-state index contributed by atoms with van der Waals surface area (Å²) in [4.78, 5) is 26.5. The topological polar surface area (TPSA) is 98.3 Å². The van der Waals surface area contributed by atoms with Crippen molar-refractivity contribution in [3.05, 3.63) is 48.7 Å². The van der Waals surface area contributed by atoms with Crippen molar-refractivity contribution in [3.8, 4) is 0 Å². The van der Waals surface area contributed by atoms with Crippen LogP contribution < -0.4 is 21.0 Å². The van der Waals surface area contributed by atoms with Gasteiger partial charge in [0.15, 0.2) is 5.65 Å². The molecule has 3 aromatic rings. The first-order valence-corrected chi connectivity index (χ1v) is 12.3. The van der Waals surface area contributed by atoms with E-state index >= 15 is 0 Å². The van der Waals surface area contributed by atoms with Crippen LogP contribution in [0.2, 0.25) is 0 Å². The van der Waals surface area contributed by atoms with Gasteiger partial charge in [0.1, 0.15) is 5.82 Å². The van der Waals surface area contributed by atoms with E-state index < -0.39 is 0 Å². The molecule has 3 N–H and O–H groups in total. The van der Waals surface area contributed by atoms with E-state index in [1.165, 1.54) is 6.42 Å². The Bertz CT molecular complexity index is 1120. The van der Waals surface area contributed by atoms with Gasteiger partial charge in [0.05, 0.1) is 11.2 Å². The molecule has 1 atom stereocenters. The second-order valence-corrected chi connectivity index (χ2v) is 9.22. The molecule has 3 heterocycles. The number of carbonyl (C=O) groups excluding carboxylic acids is 1. The molecule has 0 bridgehead atoms. The summed E-state index contributed by atoms with van der Waals surface area (Å²) in [6.45, 7) is 2.12. The minimum Gasteiger partial charge on any atom is -0.335 e. The smallest absolute Gasteiger partial charge is 0.320 e. The second-order valence-electron chi connectivity index (χ2n) is 8.69. The van der Waals surface area contributed by atoms with E-state index in [-0.39, 0.29) is 17.6 Å². The van der Waals surface area contributed by atoms with Gasteiger partial charge in [-0.1, -0.05) is 37.5 Å². The van der Waals surface area contributed by atoms with Crippen LogP contribution in [0.3, 0.4) is 0 Å². The number of nitrogens with one attached hydrogen (secondary N) is 3. The van der Waals surface area contributed by atoms with Crippen LogP contribution in [-0.2, 0) is 0 Å². The van der Waals surface area contributed by atoms with Crippen molar-refractivity contribution in [2.75, 3.05) is 30.0 Å². The fourth-order valence-electron chi connectivity index (χ4n) is 4.50. The molecule has 2 fully saturated rings. The molecule has 0 radical (unpaired) electrons. The number of alkyl halides is 1. The maximum atomic E-state index is 12.5. The monoisotopic (exact) mass is 480 g/mol. The Hall–Kier alpha value is -3.01. The van der Waals surface area contributed by atoms with Crippen LogP contribution >= 0.6 is 11.6 Å². The van der Waals surface area contributed by atoms with E-state index in [1.54, 1.807) is 12.3 Å². The molecule has 10 heteroatoms. The maximum Gasteiger partial charge on any atom is 0.320 e. The number of halogens is 1. The highest BCUT2D eigenvalue weighted by Crippen LogP contribution is 2.27. The van der Waals surface area contributed by atoms with Gasteiger partial charge in [0.25, 0.3) is 0 Å². The Balaban J connectivity index is 1.40. The van der Waals surface area contributed by atoms with E-state index in [4.69, 9.17) is 16.6 Å². The largest absolute Gasteiger partial charge is 0.335 e. The van der Waals surface area contributed by atoms with Crippen LogP contribution in [0.4, 0.5) is 22.2 Å². The Morgan fingerprint density at radius 2 is 1.91 bits per heavy atom. The van der Waals surface area contributed by atoms with E-state index in [2.05, 4.69) is 30.9 Å². The molecule has 0 spiro atoms. The molecule has 1 aliphatic carbocycles. The molecule has 1 aromatic carbocycles. The average molecular weight is 481 g/mol. The number of amides is 2. The van der Waals surface area contributed by atoms with Crippen LogP contribution in [0.1, 0.15) is 32.1 Å². The number of hydrazine groups is 1. The SMILES string of the molecule is O=C(Nc1ccc2cnc(N(c3ccccc3)N3CCNC(Cl)C3)nc2n1)NC1CCCCC1. The lowest BCUT2D eigenvalue weighted by Gasteiger charge is -2.39. The summed E-state index contributed by atoms with van der Waals surface area (Å²) >= 11 is 6.39. The summed E-state index contributed by atoms with van der Waals surface area (Å²) in [7, 11) is 0. The number of hydrogen-bond donors (Lipinski definition) is 3. The average Bonchev–Trinajstić information content (AvgIpc) is 2.85. The van der Waals surface area contributed by atoms with Crippen LogP contribution in [0.25, 0.3) is 11.0 Å². The molecular weight excluding hydrogens is 452 g/mol. The first kappa shape index (κ1) is 22.8. The Labute approximate surface area is 203 Å². The standard InChI is InChI=1S/C24H29ClN8O/c25-20-16-32(14-13-26-20)33(19-9-5-2-6-10-19)23-27-15-17-11-12-21(29-22(17)31-23)30-24(34)28-18-7-3-1-4-8-18/h2,5-6,9-12,15,18,20,26H,1,3-4,7-8,13-14,16H2,(H2,27,28,29,30,31,34). The fraction of sp³-hybridized carbons (Fsp3) is 0.417. The van der Waals surface area contributed by atoms with E-state index in [9.17, 15) is 4.79 Å². The minimum atomic E-state index is -0.229. The minimum absolute atomic E-state index is 0.169. The zero-order chi connectivity index (χ0) is 23.3. The number of carbonyl (C=O) groups is 1. The van der Waals surface area contributed by atoms with Crippen molar-refractivity contribution in [3.63, 3.8) is 0 Å². The first-order valence-electron chi connectivity index (χ1n) is 11.8. The van der Waals surface area contributed by atoms with Crippen LogP contribution in [0.5, 0.6) is 0 Å². The van der Waals surface area contributed by atoms with Gasteiger partial charge in [-0.2, -0.15) is 4.98 Å². The summed E-state index contributed by atoms with van der Waals surface area (Å²) in [5.74, 6) is 0.959. The molecule has 2 amide bonds. The van der Waals surface area contributed by atoms with Gasteiger partial charge in [-0.25, -0.2) is 24.8 Å². The van der Waals surface area contributed by atoms with Crippen LogP contribution in [-0.4, -0.2) is 57.2 Å². The Morgan fingerprint density at radius 3 is 2.71 bits per heavy atom. The van der Waals surface area contributed by atoms with Gasteiger partial charge in [0.2, 0.25) is 5.95 Å². The third-order valence-electron chi connectivity index (χ3n) is 6.19. The maximum absolute atomic E-state index is 12.5. The molecule has 1 saturated carbocycles. The zero-order valence-electron chi connectivity index (χ0n) is 19.0. The van der Waals surface area contributed by atoms with E-state index in [0.29, 0.717) is 24.0 Å². The van der Waals surface area contributed by atoms with Crippen LogP contribution in [0, 0.1) is 0 Å². The first-order chi connectivity index (χ1) is 16.7. The number of benzene rings is 1. The number of piperazine rings is 1. The van der Waals surface area contributed by atoms with Crippen molar-refractivity contribution in [2.24, 2.45) is 0 Å². The van der Waals surface area contributed by atoms with E-state index in [1.807, 2.05) is 41.4 Å². The highest BCUT2D eigenvalue weighted by Gasteiger charge is 2.26. The molecule has 1 aliphatic heterocycles. The van der Waals surface area contributed by atoms with Crippen molar-refractivity contribution in [1.29, 1.82) is 0 Å². The third-order valence-corrected chi connectivity index (χ3v) is 6.48. The number of para-hydroxylation sites is 1. The molecule has 178 valence electrons. The van der Waals surface area contributed by atoms with Gasteiger partial charge < -0.3 is 5.32 Å². The van der Waals surface area contributed by atoms with Crippen molar-refractivity contribution in [1.82, 2.24) is 30.6 Å². The van der Waals surface area contributed by atoms with Gasteiger partial charge >= 0.3 is 6.03 Å². The quantitative estimate of drug-likeness (QED) is 0.375. The van der Waals surface area contributed by atoms with Gasteiger partial charge in [-0.3, -0.25) is 10.6 Å². The number of nitrogens with zero attached hydrogens (tertiary/aromatic N) is 5. The summed E-state index contributed by atoms with van der Waals surface area (Å²) < 4.78 is 0. The molecule has 34 heavy (non-hydrogen) atoms. The summed E-state index contributed by atoms with van der Waals surface area (Å²) in [5.41, 5.74) is 1.28. The van der Waals surface area contributed by atoms with Crippen molar-refractivity contribution in [2.45, 2.75) is 43.6 Å². The van der Waals surface area contributed by atoms with Crippen LogP contribution in [0.15, 0.2) is 48.7 Å². The number of fused-ring (bicyclic) bond motifs is 1. The lowest BCUT2D eigenvalue weighted by Crippen LogP contribution is -2.54. The molecule has 2 aromatic heterocycles. The number of rotatable bonds is 5. The third kappa shape index (κ3) is 5.38. The lowest BCUT2D eigenvalue weighted by molar-refractivity contribution is 0.228. The lowest BCUT2D eigenvalue weighted by atomic mass is 9.96. The summed E-state index contributed by atoms with van der Waals surface area (Å²) in [5, 5.41) is 14.1. The molecule has 1 unspecified atom stereocenters. The highest BCUT2D eigenvalue weighted by molar-refractivity contribution is 6.20. The second kappa shape index (κ2) is 10.5. The number of urea groups is 1. The Kier molecular flexibility index (Phi) is 7.03. The number of pyridine rings is 1. The fourth-order valence-corrected chi connectivity index (χ4v) is 4.77. The molecule has 1 saturated heterocycles. The molecule has 5 rings (SSSR count). The molecular formula is C24H29ClN8O. The van der Waals surface area contributed by atoms with Crippen molar-refractivity contribution >= 4 is 46.1 Å². The number of hydrogen-bond acceptors (Lipinski definition) is 7. The predicted octanol–water partition coefficient (Wildman–Crippen LogP) is 4.00. The predicted molar refractivity (Wildman–Crippen MR) is 134 cm³/mol. The Morgan fingerprint density at radius 1 is 1.09 bits per heavy atom. The van der Waals surface area contributed by atoms with Gasteiger partial charge in [-0.05, 0) is 37.1 Å². The molecule has 2 aliphatic rings. The number of anilines is 3. The summed E-state index contributed by atoms with van der Waals surface area (Å²) in [6, 6.07) is 13.6. The van der Waals surface area contributed by atoms with E-state index in [0.717, 1.165) is 49.8 Å². The summed E-state index contributed by atoms with van der Waals surface area (Å²) in [6.07, 6.45) is 7.38. The zero-order valence-corrected chi connectivity index (χ0v) is 19.7. The number of aromatic nitrogens is 3. The van der Waals surface area contributed by atoms with Gasteiger partial charge in [0, 0.05) is 37.3 Å².